The van der Waals surface area contributed by atoms with Crippen molar-refractivity contribution >= 4 is 11.5 Å². The van der Waals surface area contributed by atoms with Gasteiger partial charge in [-0.2, -0.15) is 0 Å². The Hall–Kier alpha value is -1.31. The Bertz CT molecular complexity index is 355. The summed E-state index contributed by atoms with van der Waals surface area (Å²) >= 11 is 0. The van der Waals surface area contributed by atoms with E-state index in [0.717, 1.165) is 11.3 Å². The van der Waals surface area contributed by atoms with Crippen molar-refractivity contribution in [2.24, 2.45) is 0 Å². The molecule has 62 valence electrons. The summed E-state index contributed by atoms with van der Waals surface area (Å²) in [5, 5.41) is 3.11. The summed E-state index contributed by atoms with van der Waals surface area (Å²) < 4.78 is 0. The van der Waals surface area contributed by atoms with Crippen LogP contribution in [0.15, 0.2) is 12.1 Å². The van der Waals surface area contributed by atoms with E-state index in [1.165, 1.54) is 11.1 Å². The fraction of sp³-hybridized carbons (Fsp3) is 0.300. The predicted molar refractivity (Wildman–Crippen MR) is 48.7 cm³/mol. The summed E-state index contributed by atoms with van der Waals surface area (Å²) in [4.78, 5) is 11.3. The largest absolute Gasteiger partial charge is 0.377 e. The number of rotatable bonds is 0. The molecule has 0 saturated carbocycles. The van der Waals surface area contributed by atoms with Gasteiger partial charge in [0.15, 0.2) is 5.78 Å². The van der Waals surface area contributed by atoms with Gasteiger partial charge in [0, 0.05) is 11.3 Å². The maximum absolute atomic E-state index is 11.3. The van der Waals surface area contributed by atoms with Crippen LogP contribution in [0.3, 0.4) is 0 Å². The number of carbonyl (C=O) groups is 1. The number of anilines is 1. The Labute approximate surface area is 71.6 Å². The Morgan fingerprint density at radius 2 is 2.08 bits per heavy atom. The number of aryl methyl sites for hydroxylation is 1. The van der Waals surface area contributed by atoms with Gasteiger partial charge in [0.2, 0.25) is 0 Å². The van der Waals surface area contributed by atoms with Crippen molar-refractivity contribution < 1.29 is 4.79 Å². The van der Waals surface area contributed by atoms with E-state index in [1.807, 2.05) is 19.1 Å². The van der Waals surface area contributed by atoms with Crippen molar-refractivity contribution in [1.29, 1.82) is 0 Å². The predicted octanol–water partition coefficient (Wildman–Crippen LogP) is 1.91. The zero-order valence-electron chi connectivity index (χ0n) is 7.27. The number of carbonyl (C=O) groups excluding carboxylic acids is 1. The van der Waals surface area contributed by atoms with Crippen LogP contribution in [0.25, 0.3) is 0 Å². The normalized spacial score (nSPS) is 14.3. The van der Waals surface area contributed by atoms with Gasteiger partial charge >= 0.3 is 0 Å². The standard InChI is InChI=1S/C10H11NO/c1-6-3-4-8-9(12)5-11-10(8)7(6)2/h3-4,11H,5H2,1-2H3. The van der Waals surface area contributed by atoms with Gasteiger partial charge in [-0.25, -0.2) is 0 Å². The molecule has 2 nitrogen and oxygen atoms in total. The number of hydrogen-bond acceptors (Lipinski definition) is 2. The van der Waals surface area contributed by atoms with Crippen LogP contribution < -0.4 is 5.32 Å². The third-order valence-corrected chi connectivity index (χ3v) is 2.46. The van der Waals surface area contributed by atoms with Gasteiger partial charge in [0.1, 0.15) is 0 Å². The molecule has 0 radical (unpaired) electrons. The highest BCUT2D eigenvalue weighted by molar-refractivity contribution is 6.08. The zero-order chi connectivity index (χ0) is 8.72. The van der Waals surface area contributed by atoms with Crippen LogP contribution in [0.5, 0.6) is 0 Å². The van der Waals surface area contributed by atoms with Crippen molar-refractivity contribution in [3.8, 4) is 0 Å². The van der Waals surface area contributed by atoms with Crippen LogP contribution in [-0.2, 0) is 0 Å². The molecule has 0 fully saturated rings. The summed E-state index contributed by atoms with van der Waals surface area (Å²) in [7, 11) is 0. The van der Waals surface area contributed by atoms with E-state index in [2.05, 4.69) is 12.2 Å². The Kier molecular flexibility index (Phi) is 1.43. The molecule has 2 rings (SSSR count). The molecule has 0 aromatic heterocycles. The first-order valence-electron chi connectivity index (χ1n) is 4.07. The van der Waals surface area contributed by atoms with Crippen molar-refractivity contribution in [1.82, 2.24) is 0 Å². The highest BCUT2D eigenvalue weighted by atomic mass is 16.1. The summed E-state index contributed by atoms with van der Waals surface area (Å²) in [6, 6.07) is 3.90. The van der Waals surface area contributed by atoms with Crippen LogP contribution in [0.2, 0.25) is 0 Å². The molecular weight excluding hydrogens is 150 g/mol. The first-order chi connectivity index (χ1) is 5.70. The molecule has 0 atom stereocenters. The molecule has 0 saturated heterocycles. The highest BCUT2D eigenvalue weighted by Crippen LogP contribution is 2.27. The molecule has 1 heterocycles. The topological polar surface area (TPSA) is 29.1 Å². The van der Waals surface area contributed by atoms with E-state index in [1.54, 1.807) is 0 Å². The minimum Gasteiger partial charge on any atom is -0.377 e. The molecule has 1 N–H and O–H groups in total. The summed E-state index contributed by atoms with van der Waals surface area (Å²) in [5.41, 5.74) is 4.30. The smallest absolute Gasteiger partial charge is 0.183 e. The molecule has 0 bridgehead atoms. The molecular formula is C10H11NO. The summed E-state index contributed by atoms with van der Waals surface area (Å²) in [5.74, 6) is 0.202. The van der Waals surface area contributed by atoms with E-state index in [0.29, 0.717) is 6.54 Å². The number of nitrogens with one attached hydrogen (secondary N) is 1. The Morgan fingerprint density at radius 1 is 1.33 bits per heavy atom. The molecule has 0 aliphatic carbocycles. The highest BCUT2D eigenvalue weighted by Gasteiger charge is 2.20. The molecule has 0 amide bonds. The van der Waals surface area contributed by atoms with Crippen molar-refractivity contribution in [3.63, 3.8) is 0 Å². The lowest BCUT2D eigenvalue weighted by molar-refractivity contribution is 0.101. The van der Waals surface area contributed by atoms with E-state index >= 15 is 0 Å². The number of fused-ring (bicyclic) bond motifs is 1. The summed E-state index contributed by atoms with van der Waals surface area (Å²) in [6.45, 7) is 4.56. The lowest BCUT2D eigenvalue weighted by atomic mass is 10.0. The molecule has 1 aliphatic rings. The van der Waals surface area contributed by atoms with Gasteiger partial charge in [0.05, 0.1) is 6.54 Å². The summed E-state index contributed by atoms with van der Waals surface area (Å²) in [6.07, 6.45) is 0. The maximum atomic E-state index is 11.3. The fourth-order valence-electron chi connectivity index (χ4n) is 1.54. The zero-order valence-corrected chi connectivity index (χ0v) is 7.27. The number of Topliss-reactive ketones (excluding diaryl/α,β-unsaturated/α-hetero) is 1. The maximum Gasteiger partial charge on any atom is 0.183 e. The SMILES string of the molecule is Cc1ccc2c(c1C)NCC2=O. The average Bonchev–Trinajstić information content (AvgIpc) is 2.41. The van der Waals surface area contributed by atoms with Gasteiger partial charge in [-0.15, -0.1) is 0 Å². The Morgan fingerprint density at radius 3 is 2.83 bits per heavy atom. The van der Waals surface area contributed by atoms with Gasteiger partial charge in [-0.3, -0.25) is 4.79 Å². The average molecular weight is 161 g/mol. The van der Waals surface area contributed by atoms with Crippen LogP contribution >= 0.6 is 0 Å². The molecule has 0 spiro atoms. The first-order valence-corrected chi connectivity index (χ1v) is 4.07. The minimum atomic E-state index is 0.202. The first kappa shape index (κ1) is 7.35. The third kappa shape index (κ3) is 0.843. The second-order valence-electron chi connectivity index (χ2n) is 3.21. The number of ketones is 1. The van der Waals surface area contributed by atoms with Crippen LogP contribution in [0.1, 0.15) is 21.5 Å². The molecule has 0 unspecified atom stereocenters. The molecule has 1 aromatic rings. The second-order valence-corrected chi connectivity index (χ2v) is 3.21. The second kappa shape index (κ2) is 2.34. The van der Waals surface area contributed by atoms with E-state index in [4.69, 9.17) is 0 Å². The van der Waals surface area contributed by atoms with Crippen LogP contribution in [0, 0.1) is 13.8 Å². The number of benzene rings is 1. The van der Waals surface area contributed by atoms with Gasteiger partial charge in [-0.1, -0.05) is 6.07 Å². The molecule has 12 heavy (non-hydrogen) atoms. The van der Waals surface area contributed by atoms with Gasteiger partial charge in [-0.05, 0) is 31.0 Å². The third-order valence-electron chi connectivity index (χ3n) is 2.46. The minimum absolute atomic E-state index is 0.202. The quantitative estimate of drug-likeness (QED) is 0.629. The van der Waals surface area contributed by atoms with Crippen molar-refractivity contribution in [3.05, 3.63) is 28.8 Å². The van der Waals surface area contributed by atoms with Crippen LogP contribution in [0.4, 0.5) is 5.69 Å². The fourth-order valence-corrected chi connectivity index (χ4v) is 1.54. The van der Waals surface area contributed by atoms with Crippen LogP contribution in [-0.4, -0.2) is 12.3 Å². The van der Waals surface area contributed by atoms with Gasteiger partial charge < -0.3 is 5.32 Å². The lowest BCUT2D eigenvalue weighted by Crippen LogP contribution is -2.00. The van der Waals surface area contributed by atoms with E-state index in [-0.39, 0.29) is 5.78 Å². The van der Waals surface area contributed by atoms with Crippen molar-refractivity contribution in [2.75, 3.05) is 11.9 Å². The molecule has 1 aliphatic heterocycles. The molecule has 2 heteroatoms. The van der Waals surface area contributed by atoms with Gasteiger partial charge in [0.25, 0.3) is 0 Å². The van der Waals surface area contributed by atoms with Crippen molar-refractivity contribution in [2.45, 2.75) is 13.8 Å². The lowest BCUT2D eigenvalue weighted by Gasteiger charge is -2.05. The monoisotopic (exact) mass is 161 g/mol. The van der Waals surface area contributed by atoms with E-state index in [9.17, 15) is 4.79 Å². The molecule has 1 aromatic carbocycles. The number of hydrogen-bond donors (Lipinski definition) is 1. The Balaban J connectivity index is 2.68. The van der Waals surface area contributed by atoms with E-state index < -0.39 is 0 Å².